The van der Waals surface area contributed by atoms with E-state index in [9.17, 15) is 0 Å². The van der Waals surface area contributed by atoms with E-state index >= 15 is 0 Å². The molecule has 0 radical (unpaired) electrons. The van der Waals surface area contributed by atoms with E-state index in [2.05, 4.69) is 28.6 Å². The Morgan fingerprint density at radius 3 is 2.08 bits per heavy atom. The third kappa shape index (κ3) is 12.0. The standard InChI is InChI=1S/C22H40N2O/c1-2-3-4-5-6-7-8-9-10-11-12-13-14-15-16-17-22-23-18-19-24(22)20-21-25/h15-16,18-19,25H,2-14,17,20-21H2,1H3/p+1. The number of allylic oxidation sites excluding steroid dienone is 2. The summed E-state index contributed by atoms with van der Waals surface area (Å²) in [4.78, 5) is 3.24. The van der Waals surface area contributed by atoms with Crippen molar-refractivity contribution in [2.75, 3.05) is 6.61 Å². The fourth-order valence-electron chi connectivity index (χ4n) is 3.31. The molecule has 0 spiro atoms. The Balaban J connectivity index is 1.86. The lowest BCUT2D eigenvalue weighted by Gasteiger charge is -2.02. The summed E-state index contributed by atoms with van der Waals surface area (Å²) < 4.78 is 2.08. The van der Waals surface area contributed by atoms with E-state index in [0.717, 1.165) is 6.42 Å². The maximum absolute atomic E-state index is 9.01. The lowest BCUT2D eigenvalue weighted by Crippen LogP contribution is -2.37. The van der Waals surface area contributed by atoms with Crippen LogP contribution >= 0.6 is 0 Å². The lowest BCUT2D eigenvalue weighted by molar-refractivity contribution is -0.703. The van der Waals surface area contributed by atoms with Crippen LogP contribution in [0.15, 0.2) is 24.5 Å². The minimum Gasteiger partial charge on any atom is -0.392 e. The first-order valence-corrected chi connectivity index (χ1v) is 10.7. The molecule has 0 unspecified atom stereocenters. The summed E-state index contributed by atoms with van der Waals surface area (Å²) in [5.41, 5.74) is 0. The summed E-state index contributed by atoms with van der Waals surface area (Å²) in [5, 5.41) is 9.01. The van der Waals surface area contributed by atoms with Crippen LogP contribution in [0.3, 0.4) is 0 Å². The van der Waals surface area contributed by atoms with Crippen molar-refractivity contribution in [1.29, 1.82) is 0 Å². The maximum Gasteiger partial charge on any atom is 0.258 e. The van der Waals surface area contributed by atoms with Gasteiger partial charge in [-0.05, 0) is 12.8 Å². The maximum atomic E-state index is 9.01. The average Bonchev–Trinajstić information content (AvgIpc) is 3.06. The molecule has 0 bridgehead atoms. The molecule has 3 heteroatoms. The number of aromatic amines is 1. The summed E-state index contributed by atoms with van der Waals surface area (Å²) in [5.74, 6) is 1.17. The van der Waals surface area contributed by atoms with Gasteiger partial charge in [-0.25, -0.2) is 9.55 Å². The highest BCUT2D eigenvalue weighted by Crippen LogP contribution is 2.12. The van der Waals surface area contributed by atoms with Gasteiger partial charge in [0.15, 0.2) is 0 Å². The normalized spacial score (nSPS) is 11.6. The summed E-state index contributed by atoms with van der Waals surface area (Å²) in [6, 6.07) is 0. The van der Waals surface area contributed by atoms with Crippen LogP contribution in [0.4, 0.5) is 0 Å². The van der Waals surface area contributed by atoms with Crippen molar-refractivity contribution in [1.82, 2.24) is 4.98 Å². The fourth-order valence-corrected chi connectivity index (χ4v) is 3.31. The number of imidazole rings is 1. The third-order valence-electron chi connectivity index (χ3n) is 4.89. The molecule has 0 saturated carbocycles. The summed E-state index contributed by atoms with van der Waals surface area (Å²) >= 11 is 0. The van der Waals surface area contributed by atoms with Gasteiger partial charge >= 0.3 is 0 Å². The number of unbranched alkanes of at least 4 members (excludes halogenated alkanes) is 12. The van der Waals surface area contributed by atoms with Gasteiger partial charge in [-0.2, -0.15) is 0 Å². The van der Waals surface area contributed by atoms with E-state index in [0.29, 0.717) is 6.54 Å². The van der Waals surface area contributed by atoms with Gasteiger partial charge < -0.3 is 5.11 Å². The Kier molecular flexibility index (Phi) is 14.4. The molecule has 0 aliphatic rings. The number of aliphatic hydroxyl groups is 1. The first-order chi connectivity index (χ1) is 12.4. The summed E-state index contributed by atoms with van der Waals surface area (Å²) in [6.07, 6.45) is 27.5. The fraction of sp³-hybridized carbons (Fsp3) is 0.773. The van der Waals surface area contributed by atoms with E-state index < -0.39 is 0 Å². The zero-order chi connectivity index (χ0) is 18.0. The van der Waals surface area contributed by atoms with Gasteiger partial charge in [0, 0.05) is 0 Å². The Morgan fingerprint density at radius 1 is 0.880 bits per heavy atom. The molecule has 0 fully saturated rings. The molecule has 0 aliphatic heterocycles. The second kappa shape index (κ2) is 16.4. The third-order valence-corrected chi connectivity index (χ3v) is 4.89. The van der Waals surface area contributed by atoms with Crippen molar-refractivity contribution in [2.45, 2.75) is 103 Å². The zero-order valence-corrected chi connectivity index (χ0v) is 16.5. The molecule has 1 heterocycles. The molecule has 1 rings (SSSR count). The minimum absolute atomic E-state index is 0.193. The van der Waals surface area contributed by atoms with E-state index in [4.69, 9.17) is 5.11 Å². The van der Waals surface area contributed by atoms with Crippen LogP contribution < -0.4 is 4.57 Å². The average molecular weight is 350 g/mol. The second-order valence-corrected chi connectivity index (χ2v) is 7.18. The predicted molar refractivity (Wildman–Crippen MR) is 107 cm³/mol. The van der Waals surface area contributed by atoms with Crippen LogP contribution in [0.5, 0.6) is 0 Å². The molecule has 0 saturated heterocycles. The van der Waals surface area contributed by atoms with Crippen molar-refractivity contribution < 1.29 is 9.67 Å². The smallest absolute Gasteiger partial charge is 0.258 e. The van der Waals surface area contributed by atoms with Crippen LogP contribution in [0.2, 0.25) is 0 Å². The molecule has 144 valence electrons. The van der Waals surface area contributed by atoms with E-state index in [1.807, 2.05) is 12.4 Å². The Morgan fingerprint density at radius 2 is 1.48 bits per heavy atom. The van der Waals surface area contributed by atoms with E-state index in [-0.39, 0.29) is 6.61 Å². The first-order valence-electron chi connectivity index (χ1n) is 10.7. The molecule has 1 aromatic heterocycles. The Hall–Kier alpha value is -1.09. The number of nitrogens with zero attached hydrogens (tertiary/aromatic N) is 1. The molecule has 1 aromatic rings. The lowest BCUT2D eigenvalue weighted by atomic mass is 10.0. The number of aliphatic hydroxyl groups excluding tert-OH is 1. The van der Waals surface area contributed by atoms with Crippen LogP contribution in [-0.2, 0) is 13.0 Å². The molecule has 3 nitrogen and oxygen atoms in total. The monoisotopic (exact) mass is 349 g/mol. The summed E-state index contributed by atoms with van der Waals surface area (Å²) in [7, 11) is 0. The molecular formula is C22H41N2O+. The molecule has 0 aromatic carbocycles. The Bertz CT molecular complexity index is 425. The van der Waals surface area contributed by atoms with E-state index in [1.54, 1.807) is 0 Å². The predicted octanol–water partition coefficient (Wildman–Crippen LogP) is 5.48. The van der Waals surface area contributed by atoms with Crippen molar-refractivity contribution >= 4 is 0 Å². The number of aromatic nitrogens is 2. The van der Waals surface area contributed by atoms with Gasteiger partial charge in [-0.3, -0.25) is 0 Å². The number of hydrogen-bond acceptors (Lipinski definition) is 1. The van der Waals surface area contributed by atoms with Crippen LogP contribution in [0.1, 0.15) is 96.2 Å². The van der Waals surface area contributed by atoms with Gasteiger partial charge in [0.2, 0.25) is 0 Å². The zero-order valence-electron chi connectivity index (χ0n) is 16.5. The van der Waals surface area contributed by atoms with Crippen LogP contribution in [0, 0.1) is 0 Å². The highest BCUT2D eigenvalue weighted by molar-refractivity contribution is 4.91. The van der Waals surface area contributed by atoms with Crippen LogP contribution in [0.25, 0.3) is 0 Å². The number of rotatable bonds is 17. The molecule has 0 atom stereocenters. The van der Waals surface area contributed by atoms with Gasteiger partial charge in [0.25, 0.3) is 5.82 Å². The first kappa shape index (κ1) is 22.0. The highest BCUT2D eigenvalue weighted by Gasteiger charge is 2.06. The van der Waals surface area contributed by atoms with Gasteiger partial charge in [-0.1, -0.05) is 89.7 Å². The van der Waals surface area contributed by atoms with Gasteiger partial charge in [0.1, 0.15) is 18.9 Å². The number of hydrogen-bond donors (Lipinski definition) is 2. The molecule has 0 aliphatic carbocycles. The van der Waals surface area contributed by atoms with Gasteiger partial charge in [0.05, 0.1) is 13.0 Å². The highest BCUT2D eigenvalue weighted by atomic mass is 16.3. The topological polar surface area (TPSA) is 39.9 Å². The molecule has 0 amide bonds. The second-order valence-electron chi connectivity index (χ2n) is 7.18. The minimum atomic E-state index is 0.193. The number of H-pyrrole nitrogens is 1. The summed E-state index contributed by atoms with van der Waals surface area (Å²) in [6.45, 7) is 3.15. The van der Waals surface area contributed by atoms with Crippen molar-refractivity contribution in [3.63, 3.8) is 0 Å². The van der Waals surface area contributed by atoms with Crippen molar-refractivity contribution in [2.24, 2.45) is 0 Å². The quantitative estimate of drug-likeness (QED) is 0.218. The van der Waals surface area contributed by atoms with E-state index in [1.165, 1.54) is 89.3 Å². The SMILES string of the molecule is CCCCCCCCCCCCCCC=CCc1[nH]cc[n+]1CCO. The Labute approximate surface area is 155 Å². The van der Waals surface area contributed by atoms with Crippen molar-refractivity contribution in [3.05, 3.63) is 30.4 Å². The largest absolute Gasteiger partial charge is 0.392 e. The van der Waals surface area contributed by atoms with Crippen molar-refractivity contribution in [3.8, 4) is 0 Å². The molecular weight excluding hydrogens is 308 g/mol. The van der Waals surface area contributed by atoms with Crippen LogP contribution in [-0.4, -0.2) is 16.7 Å². The molecule has 2 N–H and O–H groups in total. The van der Waals surface area contributed by atoms with Gasteiger partial charge in [-0.15, -0.1) is 0 Å². The number of nitrogens with one attached hydrogen (secondary N) is 1. The molecule has 25 heavy (non-hydrogen) atoms.